The zero-order valence-corrected chi connectivity index (χ0v) is 17.1. The monoisotopic (exact) mass is 387 g/mol. The molecule has 1 aromatic heterocycles. The van der Waals surface area contributed by atoms with Crippen LogP contribution < -0.4 is 5.32 Å². The molecule has 150 valence electrons. The van der Waals surface area contributed by atoms with Gasteiger partial charge in [-0.25, -0.2) is 4.79 Å². The van der Waals surface area contributed by atoms with E-state index in [-0.39, 0.29) is 12.9 Å². The van der Waals surface area contributed by atoms with Gasteiger partial charge in [-0.05, 0) is 55.2 Å². The third-order valence-electron chi connectivity index (χ3n) is 6.13. The van der Waals surface area contributed by atoms with E-state index in [2.05, 4.69) is 48.4 Å². The Kier molecular flexibility index (Phi) is 5.34. The Balaban J connectivity index is 0.00000256. The van der Waals surface area contributed by atoms with Gasteiger partial charge >= 0.3 is 6.03 Å². The maximum absolute atomic E-state index is 13.0. The number of carbonyl (C=O) groups excluding carboxylic acids is 1. The molecule has 0 unspecified atom stereocenters. The molecular formula is C25H29N3O. The second kappa shape index (κ2) is 8.08. The minimum Gasteiger partial charge on any atom is -0.324 e. The molecule has 1 saturated heterocycles. The number of hydrogen-bond donors (Lipinski definition) is 1. The molecule has 0 aliphatic carbocycles. The van der Waals surface area contributed by atoms with Crippen molar-refractivity contribution in [2.75, 3.05) is 18.4 Å². The summed E-state index contributed by atoms with van der Waals surface area (Å²) >= 11 is 0. The molecular weight excluding hydrogens is 358 g/mol. The first kappa shape index (κ1) is 19.2. The lowest BCUT2D eigenvalue weighted by Crippen LogP contribution is -2.36. The maximum Gasteiger partial charge on any atom is 0.321 e. The van der Waals surface area contributed by atoms with E-state index in [1.54, 1.807) is 6.20 Å². The highest BCUT2D eigenvalue weighted by atomic mass is 16.2. The van der Waals surface area contributed by atoms with E-state index in [4.69, 9.17) is 0 Å². The van der Waals surface area contributed by atoms with E-state index < -0.39 is 0 Å². The number of amides is 2. The molecule has 1 fully saturated rings. The average Bonchev–Trinajstić information content (AvgIpc) is 3.22. The van der Waals surface area contributed by atoms with E-state index in [9.17, 15) is 4.79 Å². The van der Waals surface area contributed by atoms with Crippen molar-refractivity contribution in [1.29, 1.82) is 0 Å². The summed E-state index contributed by atoms with van der Waals surface area (Å²) in [5.41, 5.74) is 5.26. The van der Waals surface area contributed by atoms with Gasteiger partial charge < -0.3 is 10.2 Å². The van der Waals surface area contributed by atoms with Crippen molar-refractivity contribution in [2.24, 2.45) is 0 Å². The second-order valence-corrected chi connectivity index (χ2v) is 7.85. The Morgan fingerprint density at radius 3 is 2.66 bits per heavy atom. The van der Waals surface area contributed by atoms with Gasteiger partial charge in [-0.3, -0.25) is 4.98 Å². The number of likely N-dealkylation sites (tertiary alicyclic amines) is 1. The topological polar surface area (TPSA) is 45.2 Å². The summed E-state index contributed by atoms with van der Waals surface area (Å²) in [5, 5.41) is 3.09. The highest BCUT2D eigenvalue weighted by Gasteiger charge is 2.39. The third kappa shape index (κ3) is 3.88. The van der Waals surface area contributed by atoms with Crippen LogP contribution in [0.5, 0.6) is 0 Å². The van der Waals surface area contributed by atoms with Crippen molar-refractivity contribution in [3.8, 4) is 11.3 Å². The lowest BCUT2D eigenvalue weighted by atomic mass is 9.77. The van der Waals surface area contributed by atoms with Gasteiger partial charge in [-0.2, -0.15) is 0 Å². The molecule has 2 aromatic carbocycles. The lowest BCUT2D eigenvalue weighted by Gasteiger charge is -2.28. The number of benzene rings is 2. The van der Waals surface area contributed by atoms with Crippen molar-refractivity contribution < 1.29 is 6.22 Å². The minimum absolute atomic E-state index is 0. The molecule has 0 bridgehead atoms. The van der Waals surface area contributed by atoms with Gasteiger partial charge in [0, 0.05) is 37.4 Å². The molecule has 3 aromatic rings. The zero-order chi connectivity index (χ0) is 20.3. The first-order valence-electron chi connectivity index (χ1n) is 10.2. The van der Waals surface area contributed by atoms with E-state index in [0.29, 0.717) is 0 Å². The number of aryl methyl sites for hydroxylation is 1. The SMILES string of the molecule is CC[C@@]1(c2ccccc2)CCN(C(=O)Nc2ccc(C)c(-c3ccccn3)c2)C1.[HH]. The molecule has 2 amide bonds. The summed E-state index contributed by atoms with van der Waals surface area (Å²) < 4.78 is 0. The molecule has 4 heteroatoms. The molecule has 0 radical (unpaired) electrons. The Morgan fingerprint density at radius 1 is 1.14 bits per heavy atom. The summed E-state index contributed by atoms with van der Waals surface area (Å²) in [6.07, 6.45) is 3.81. The van der Waals surface area contributed by atoms with Gasteiger partial charge in [0.15, 0.2) is 0 Å². The van der Waals surface area contributed by atoms with Crippen LogP contribution in [0.15, 0.2) is 72.9 Å². The highest BCUT2D eigenvalue weighted by molar-refractivity contribution is 5.90. The third-order valence-corrected chi connectivity index (χ3v) is 6.13. The predicted molar refractivity (Wildman–Crippen MR) is 120 cm³/mol. The van der Waals surface area contributed by atoms with E-state index in [0.717, 1.165) is 48.4 Å². The van der Waals surface area contributed by atoms with Gasteiger partial charge in [-0.15, -0.1) is 0 Å². The van der Waals surface area contributed by atoms with Crippen LogP contribution in [0.2, 0.25) is 0 Å². The molecule has 0 spiro atoms. The fraction of sp³-hybridized carbons (Fsp3) is 0.280. The van der Waals surface area contributed by atoms with Crippen LogP contribution in [0.1, 0.15) is 32.3 Å². The van der Waals surface area contributed by atoms with Crippen LogP contribution in [0.3, 0.4) is 0 Å². The Bertz CT molecular complexity index is 994. The van der Waals surface area contributed by atoms with Crippen LogP contribution >= 0.6 is 0 Å². The van der Waals surface area contributed by atoms with Crippen LogP contribution in [0.4, 0.5) is 10.5 Å². The number of anilines is 1. The van der Waals surface area contributed by atoms with Crippen molar-refractivity contribution in [1.82, 2.24) is 9.88 Å². The molecule has 1 N–H and O–H groups in total. The Labute approximate surface area is 174 Å². The molecule has 1 aliphatic heterocycles. The lowest BCUT2D eigenvalue weighted by molar-refractivity contribution is 0.219. The minimum atomic E-state index is -0.0351. The first-order chi connectivity index (χ1) is 14.1. The summed E-state index contributed by atoms with van der Waals surface area (Å²) in [6, 6.07) is 22.4. The number of rotatable bonds is 4. The summed E-state index contributed by atoms with van der Waals surface area (Å²) in [7, 11) is 0. The quantitative estimate of drug-likeness (QED) is 0.607. The summed E-state index contributed by atoms with van der Waals surface area (Å²) in [5.74, 6) is 0. The smallest absolute Gasteiger partial charge is 0.321 e. The van der Waals surface area contributed by atoms with Gasteiger partial charge in [0.05, 0.1) is 5.69 Å². The van der Waals surface area contributed by atoms with Crippen LogP contribution in [0, 0.1) is 6.92 Å². The molecule has 4 rings (SSSR count). The van der Waals surface area contributed by atoms with Crippen molar-refractivity contribution in [2.45, 2.75) is 32.1 Å². The van der Waals surface area contributed by atoms with Gasteiger partial charge in [0.25, 0.3) is 0 Å². The van der Waals surface area contributed by atoms with E-state index in [1.807, 2.05) is 47.4 Å². The largest absolute Gasteiger partial charge is 0.324 e. The zero-order valence-electron chi connectivity index (χ0n) is 17.1. The Morgan fingerprint density at radius 2 is 1.93 bits per heavy atom. The highest BCUT2D eigenvalue weighted by Crippen LogP contribution is 2.37. The van der Waals surface area contributed by atoms with Crippen LogP contribution in [-0.4, -0.2) is 29.0 Å². The number of urea groups is 1. The number of hydrogen-bond acceptors (Lipinski definition) is 2. The van der Waals surface area contributed by atoms with Gasteiger partial charge in [0.2, 0.25) is 0 Å². The van der Waals surface area contributed by atoms with Gasteiger partial charge in [0.1, 0.15) is 0 Å². The number of nitrogens with one attached hydrogen (secondary N) is 1. The molecule has 1 aliphatic rings. The van der Waals surface area contributed by atoms with E-state index in [1.165, 1.54) is 5.56 Å². The molecule has 29 heavy (non-hydrogen) atoms. The maximum atomic E-state index is 13.0. The molecule has 0 saturated carbocycles. The molecule has 1 atom stereocenters. The van der Waals surface area contributed by atoms with E-state index >= 15 is 0 Å². The van der Waals surface area contributed by atoms with Crippen molar-refractivity contribution in [3.05, 3.63) is 84.1 Å². The number of nitrogens with zero attached hydrogens (tertiary/aromatic N) is 2. The van der Waals surface area contributed by atoms with Crippen molar-refractivity contribution in [3.63, 3.8) is 0 Å². The van der Waals surface area contributed by atoms with Crippen LogP contribution in [0.25, 0.3) is 11.3 Å². The Hall–Kier alpha value is -3.14. The normalized spacial score (nSPS) is 18.6. The predicted octanol–water partition coefficient (Wildman–Crippen LogP) is 5.89. The van der Waals surface area contributed by atoms with Gasteiger partial charge in [-0.1, -0.05) is 49.4 Å². The summed E-state index contributed by atoms with van der Waals surface area (Å²) in [6.45, 7) is 5.80. The number of pyridine rings is 1. The first-order valence-corrected chi connectivity index (χ1v) is 10.2. The standard InChI is InChI=1S/C25H27N3O.H2/c1-3-25(20-9-5-4-6-10-20)14-16-28(18-25)24(29)27-21-13-12-19(2)22(17-21)23-11-7-8-15-26-23;/h4-13,15,17H,3,14,16,18H2,1-2H3,(H,27,29);1H/t25-;/m1./s1. The number of aromatic nitrogens is 1. The fourth-order valence-electron chi connectivity index (χ4n) is 4.27. The molecule has 4 nitrogen and oxygen atoms in total. The second-order valence-electron chi connectivity index (χ2n) is 7.85. The molecule has 2 heterocycles. The fourth-order valence-corrected chi connectivity index (χ4v) is 4.27. The number of carbonyl (C=O) groups is 1. The van der Waals surface area contributed by atoms with Crippen LogP contribution in [-0.2, 0) is 5.41 Å². The van der Waals surface area contributed by atoms with Crippen molar-refractivity contribution >= 4 is 11.7 Å². The average molecular weight is 388 g/mol. The summed E-state index contributed by atoms with van der Waals surface area (Å²) in [4.78, 5) is 19.4.